The molecule has 0 aromatic carbocycles. The molecule has 1 aromatic heterocycles. The number of hydrogen-bond acceptors (Lipinski definition) is 2. The van der Waals surface area contributed by atoms with Crippen molar-refractivity contribution in [1.29, 1.82) is 0 Å². The minimum atomic E-state index is 0.559. The maximum absolute atomic E-state index is 5.76. The zero-order valence-electron chi connectivity index (χ0n) is 11.2. The van der Waals surface area contributed by atoms with E-state index in [0.717, 1.165) is 35.4 Å². The fourth-order valence-electron chi connectivity index (χ4n) is 5.29. The second kappa shape index (κ2) is 3.83. The summed E-state index contributed by atoms with van der Waals surface area (Å²) < 4.78 is 2.13. The SMILES string of the molecule is Cn1cc(C2C3CC4CC(C3)CC2C4)nc1CN. The van der Waals surface area contributed by atoms with Crippen LogP contribution < -0.4 is 5.73 Å². The van der Waals surface area contributed by atoms with Crippen molar-refractivity contribution >= 4 is 0 Å². The van der Waals surface area contributed by atoms with Gasteiger partial charge in [0.1, 0.15) is 5.82 Å². The summed E-state index contributed by atoms with van der Waals surface area (Å²) in [5, 5.41) is 0. The summed E-state index contributed by atoms with van der Waals surface area (Å²) in [6, 6.07) is 0. The summed E-state index contributed by atoms with van der Waals surface area (Å²) >= 11 is 0. The lowest BCUT2D eigenvalue weighted by atomic mass is 9.51. The van der Waals surface area contributed by atoms with Crippen LogP contribution in [0.1, 0.15) is 49.5 Å². The normalized spacial score (nSPS) is 41.6. The van der Waals surface area contributed by atoms with Gasteiger partial charge in [-0.25, -0.2) is 4.98 Å². The second-order valence-corrected chi connectivity index (χ2v) is 6.85. The van der Waals surface area contributed by atoms with Crippen LogP contribution in [0, 0.1) is 23.7 Å². The highest BCUT2D eigenvalue weighted by atomic mass is 15.1. The van der Waals surface area contributed by atoms with E-state index in [1.54, 1.807) is 0 Å². The Kier molecular flexibility index (Phi) is 2.35. The van der Waals surface area contributed by atoms with Gasteiger partial charge in [-0.15, -0.1) is 0 Å². The van der Waals surface area contributed by atoms with Gasteiger partial charge in [0.15, 0.2) is 0 Å². The summed E-state index contributed by atoms with van der Waals surface area (Å²) in [5.41, 5.74) is 7.09. The van der Waals surface area contributed by atoms with Gasteiger partial charge in [-0.3, -0.25) is 0 Å². The number of aryl methyl sites for hydroxylation is 1. The van der Waals surface area contributed by atoms with Crippen LogP contribution in [-0.2, 0) is 13.6 Å². The summed E-state index contributed by atoms with van der Waals surface area (Å²) in [7, 11) is 2.08. The highest BCUT2D eigenvalue weighted by Crippen LogP contribution is 2.59. The van der Waals surface area contributed by atoms with Crippen molar-refractivity contribution in [3.8, 4) is 0 Å². The first-order valence-electron chi connectivity index (χ1n) is 7.46. The molecule has 1 heterocycles. The quantitative estimate of drug-likeness (QED) is 0.869. The molecule has 4 aliphatic rings. The minimum Gasteiger partial charge on any atom is -0.337 e. The van der Waals surface area contributed by atoms with E-state index in [4.69, 9.17) is 10.7 Å². The monoisotopic (exact) mass is 245 g/mol. The van der Waals surface area contributed by atoms with Crippen LogP contribution in [-0.4, -0.2) is 9.55 Å². The number of hydrogen-bond donors (Lipinski definition) is 1. The molecule has 4 fully saturated rings. The van der Waals surface area contributed by atoms with Crippen LogP contribution in [0.4, 0.5) is 0 Å². The smallest absolute Gasteiger partial charge is 0.122 e. The van der Waals surface area contributed by atoms with Crippen molar-refractivity contribution in [2.45, 2.75) is 44.6 Å². The van der Waals surface area contributed by atoms with Gasteiger partial charge in [0.2, 0.25) is 0 Å². The molecule has 3 heteroatoms. The zero-order chi connectivity index (χ0) is 12.3. The molecule has 4 saturated carbocycles. The number of nitrogens with two attached hydrogens (primary N) is 1. The first-order valence-corrected chi connectivity index (χ1v) is 7.46. The van der Waals surface area contributed by atoms with Gasteiger partial charge in [-0.2, -0.15) is 0 Å². The summed E-state index contributed by atoms with van der Waals surface area (Å²) in [6.07, 6.45) is 9.63. The Labute approximate surface area is 109 Å². The molecule has 0 saturated heterocycles. The van der Waals surface area contributed by atoms with E-state index in [9.17, 15) is 0 Å². The lowest BCUT2D eigenvalue weighted by Crippen LogP contribution is -2.43. The van der Waals surface area contributed by atoms with Crippen LogP contribution in [0.15, 0.2) is 6.20 Å². The first kappa shape index (κ1) is 11.0. The molecule has 0 amide bonds. The van der Waals surface area contributed by atoms with Gasteiger partial charge in [0.25, 0.3) is 0 Å². The molecule has 0 aliphatic heterocycles. The van der Waals surface area contributed by atoms with Crippen LogP contribution in [0.3, 0.4) is 0 Å². The van der Waals surface area contributed by atoms with Crippen molar-refractivity contribution in [2.75, 3.05) is 0 Å². The van der Waals surface area contributed by atoms with Crippen LogP contribution in [0.2, 0.25) is 0 Å². The Morgan fingerprint density at radius 1 is 1.17 bits per heavy atom. The van der Waals surface area contributed by atoms with Gasteiger partial charge in [-0.05, 0) is 55.8 Å². The van der Waals surface area contributed by atoms with Crippen molar-refractivity contribution in [3.05, 3.63) is 17.7 Å². The minimum absolute atomic E-state index is 0.559. The lowest BCUT2D eigenvalue weighted by molar-refractivity contribution is -0.00407. The predicted octanol–water partition coefficient (Wildman–Crippen LogP) is 2.42. The number of nitrogens with zero attached hydrogens (tertiary/aromatic N) is 2. The fourth-order valence-corrected chi connectivity index (χ4v) is 5.29. The van der Waals surface area contributed by atoms with Crippen molar-refractivity contribution in [2.24, 2.45) is 36.5 Å². The molecule has 4 aliphatic carbocycles. The topological polar surface area (TPSA) is 43.8 Å². The van der Waals surface area contributed by atoms with Gasteiger partial charge < -0.3 is 10.3 Å². The van der Waals surface area contributed by atoms with Crippen molar-refractivity contribution in [3.63, 3.8) is 0 Å². The van der Waals surface area contributed by atoms with Crippen LogP contribution >= 0.6 is 0 Å². The van der Waals surface area contributed by atoms with E-state index >= 15 is 0 Å². The molecule has 18 heavy (non-hydrogen) atoms. The number of imidazole rings is 1. The summed E-state index contributed by atoms with van der Waals surface area (Å²) in [4.78, 5) is 4.81. The Balaban J connectivity index is 1.67. The maximum atomic E-state index is 5.76. The summed E-state index contributed by atoms with van der Waals surface area (Å²) in [6.45, 7) is 0.559. The number of aromatic nitrogens is 2. The van der Waals surface area contributed by atoms with Gasteiger partial charge >= 0.3 is 0 Å². The highest BCUT2D eigenvalue weighted by Gasteiger charge is 2.49. The van der Waals surface area contributed by atoms with E-state index in [1.807, 2.05) is 0 Å². The fraction of sp³-hybridized carbons (Fsp3) is 0.800. The van der Waals surface area contributed by atoms with E-state index in [-0.39, 0.29) is 0 Å². The average Bonchev–Trinajstić information content (AvgIpc) is 2.69. The second-order valence-electron chi connectivity index (χ2n) is 6.85. The molecular weight excluding hydrogens is 222 g/mol. The Hall–Kier alpha value is -0.830. The third-order valence-corrected chi connectivity index (χ3v) is 5.74. The van der Waals surface area contributed by atoms with E-state index in [1.165, 1.54) is 37.8 Å². The Morgan fingerprint density at radius 3 is 2.28 bits per heavy atom. The van der Waals surface area contributed by atoms with Crippen molar-refractivity contribution in [1.82, 2.24) is 9.55 Å². The molecule has 4 bridgehead atoms. The molecule has 1 aromatic rings. The summed E-state index contributed by atoms with van der Waals surface area (Å²) in [5.74, 6) is 5.70. The van der Waals surface area contributed by atoms with Crippen LogP contribution in [0.5, 0.6) is 0 Å². The molecule has 98 valence electrons. The largest absolute Gasteiger partial charge is 0.337 e. The van der Waals surface area contributed by atoms with E-state index in [0.29, 0.717) is 6.54 Å². The lowest BCUT2D eigenvalue weighted by Gasteiger charge is -2.54. The van der Waals surface area contributed by atoms with E-state index < -0.39 is 0 Å². The Morgan fingerprint density at radius 2 is 1.78 bits per heavy atom. The molecule has 2 N–H and O–H groups in total. The molecule has 0 spiro atoms. The molecule has 0 atom stereocenters. The molecular formula is C15H23N3. The third-order valence-electron chi connectivity index (χ3n) is 5.74. The first-order chi connectivity index (χ1) is 8.74. The van der Waals surface area contributed by atoms with E-state index in [2.05, 4.69) is 17.8 Å². The third kappa shape index (κ3) is 1.49. The molecule has 0 radical (unpaired) electrons. The molecule has 0 unspecified atom stereocenters. The number of rotatable bonds is 2. The zero-order valence-corrected chi connectivity index (χ0v) is 11.2. The maximum Gasteiger partial charge on any atom is 0.122 e. The average molecular weight is 245 g/mol. The van der Waals surface area contributed by atoms with Crippen LogP contribution in [0.25, 0.3) is 0 Å². The molecule has 5 rings (SSSR count). The highest BCUT2D eigenvalue weighted by molar-refractivity contribution is 5.17. The van der Waals surface area contributed by atoms with Gasteiger partial charge in [-0.1, -0.05) is 0 Å². The molecule has 3 nitrogen and oxygen atoms in total. The predicted molar refractivity (Wildman–Crippen MR) is 70.9 cm³/mol. The van der Waals surface area contributed by atoms with Crippen molar-refractivity contribution < 1.29 is 0 Å². The van der Waals surface area contributed by atoms with Gasteiger partial charge in [0.05, 0.1) is 12.2 Å². The standard InChI is InChI=1S/C15H23N3/c1-18-8-13(17-14(18)7-16)15-11-3-9-2-10(5-11)6-12(15)4-9/h8-12,15H,2-7,16H2,1H3. The van der Waals surface area contributed by atoms with Gasteiger partial charge in [0, 0.05) is 19.2 Å². The Bertz CT molecular complexity index is 434.